The molecule has 0 spiro atoms. The maximum atomic E-state index is 2.57. The lowest BCUT2D eigenvalue weighted by Gasteiger charge is -2.25. The van der Waals surface area contributed by atoms with Crippen LogP contribution >= 0.6 is 0 Å². The second kappa shape index (κ2) is 7.20. The molecule has 0 fully saturated rings. The van der Waals surface area contributed by atoms with Crippen molar-refractivity contribution >= 4 is 53.9 Å². The first-order valence-electron chi connectivity index (χ1n) is 15.2. The maximum absolute atomic E-state index is 2.57. The topological polar surface area (TPSA) is 0 Å². The highest BCUT2D eigenvalue weighted by molar-refractivity contribution is 6.26. The van der Waals surface area contributed by atoms with E-state index in [0.29, 0.717) is 0 Å². The number of hydrogen-bond donors (Lipinski definition) is 0. The molecule has 0 N–H and O–H groups in total. The molecular weight excluding hydrogens is 504 g/mol. The van der Waals surface area contributed by atoms with E-state index in [-0.39, 0.29) is 10.8 Å². The Morgan fingerprint density at radius 3 is 1.83 bits per heavy atom. The number of hydrogen-bond acceptors (Lipinski definition) is 0. The lowest BCUT2D eigenvalue weighted by Crippen LogP contribution is -2.17. The zero-order valence-corrected chi connectivity index (χ0v) is 24.4. The summed E-state index contributed by atoms with van der Waals surface area (Å²) in [6, 6.07) is 41.9. The van der Waals surface area contributed by atoms with Crippen LogP contribution in [0.1, 0.15) is 49.9 Å². The van der Waals surface area contributed by atoms with Crippen molar-refractivity contribution in [2.75, 3.05) is 0 Å². The van der Waals surface area contributed by atoms with E-state index in [0.717, 1.165) is 0 Å². The number of rotatable bonds is 0. The third-order valence-electron chi connectivity index (χ3n) is 10.9. The summed E-state index contributed by atoms with van der Waals surface area (Å²) in [5.41, 5.74) is 11.3. The van der Waals surface area contributed by atoms with Gasteiger partial charge < -0.3 is 0 Å². The minimum atomic E-state index is -0.0989. The number of fused-ring (bicyclic) bond motifs is 10. The zero-order valence-electron chi connectivity index (χ0n) is 24.4. The van der Waals surface area contributed by atoms with Crippen LogP contribution in [-0.4, -0.2) is 0 Å². The molecule has 0 aromatic heterocycles. The molecule has 0 atom stereocenters. The highest BCUT2D eigenvalue weighted by Gasteiger charge is 2.43. The number of benzene rings is 8. The average molecular weight is 535 g/mol. The van der Waals surface area contributed by atoms with E-state index in [4.69, 9.17) is 0 Å². The molecule has 0 nitrogen and oxygen atoms in total. The third kappa shape index (κ3) is 2.57. The van der Waals surface area contributed by atoms with Crippen LogP contribution in [0, 0.1) is 0 Å². The Bertz CT molecular complexity index is 2490. The Hall–Kier alpha value is -4.68. The molecule has 0 saturated heterocycles. The Labute approximate surface area is 245 Å². The molecule has 0 amide bonds. The van der Waals surface area contributed by atoms with Crippen molar-refractivity contribution < 1.29 is 0 Å². The maximum Gasteiger partial charge on any atom is 0.0165 e. The molecule has 0 bridgehead atoms. The molecule has 0 radical (unpaired) electrons. The molecule has 0 heteroatoms. The summed E-state index contributed by atoms with van der Waals surface area (Å²) < 4.78 is 0. The summed E-state index contributed by atoms with van der Waals surface area (Å²) >= 11 is 0. The lowest BCUT2D eigenvalue weighted by atomic mass is 9.78. The summed E-state index contributed by atoms with van der Waals surface area (Å²) in [5.74, 6) is 0. The smallest absolute Gasteiger partial charge is 0.0165 e. The predicted octanol–water partition coefficient (Wildman–Crippen LogP) is 11.5. The van der Waals surface area contributed by atoms with Gasteiger partial charge in [-0.15, -0.1) is 0 Å². The molecule has 0 unspecified atom stereocenters. The van der Waals surface area contributed by atoms with Crippen molar-refractivity contribution in [3.63, 3.8) is 0 Å². The SMILES string of the molecule is CC1(C)c2cc3c(cc2-c2c1cc1ccc4cccc5ccc2c1c45)C(C)(C)c1c-3ccc2cc3ccccc3cc12. The van der Waals surface area contributed by atoms with Gasteiger partial charge in [0.25, 0.3) is 0 Å². The van der Waals surface area contributed by atoms with Gasteiger partial charge in [0.15, 0.2) is 0 Å². The van der Waals surface area contributed by atoms with E-state index in [9.17, 15) is 0 Å². The Morgan fingerprint density at radius 2 is 1.02 bits per heavy atom. The van der Waals surface area contributed by atoms with Gasteiger partial charge in [0, 0.05) is 10.8 Å². The first-order valence-corrected chi connectivity index (χ1v) is 15.2. The molecule has 8 aromatic carbocycles. The normalized spacial score (nSPS) is 16.0. The summed E-state index contributed by atoms with van der Waals surface area (Å²) in [6.07, 6.45) is 0. The molecule has 0 saturated carbocycles. The second-order valence-corrected chi connectivity index (χ2v) is 13.8. The van der Waals surface area contributed by atoms with Crippen LogP contribution in [0.3, 0.4) is 0 Å². The largest absolute Gasteiger partial charge is 0.0616 e. The van der Waals surface area contributed by atoms with Gasteiger partial charge in [-0.1, -0.05) is 107 Å². The zero-order chi connectivity index (χ0) is 28.1. The fourth-order valence-electron chi connectivity index (χ4n) is 8.85. The van der Waals surface area contributed by atoms with Crippen molar-refractivity contribution in [1.82, 2.24) is 0 Å². The van der Waals surface area contributed by atoms with E-state index in [1.54, 1.807) is 0 Å². The molecular formula is C42H30. The molecule has 198 valence electrons. The van der Waals surface area contributed by atoms with E-state index >= 15 is 0 Å². The summed E-state index contributed by atoms with van der Waals surface area (Å²) in [4.78, 5) is 0. The van der Waals surface area contributed by atoms with Gasteiger partial charge in [0.05, 0.1) is 0 Å². The van der Waals surface area contributed by atoms with Gasteiger partial charge in [-0.25, -0.2) is 0 Å². The summed E-state index contributed by atoms with van der Waals surface area (Å²) in [7, 11) is 0. The van der Waals surface area contributed by atoms with Crippen LogP contribution in [0.4, 0.5) is 0 Å². The molecule has 0 aliphatic heterocycles. The van der Waals surface area contributed by atoms with E-state index in [2.05, 4.69) is 137 Å². The standard InChI is InChI=1S/C42H30/c1-41(2)35-21-32-29-16-15-27-18-25-8-5-6-9-26(25)19-31(27)40(29)42(3,4)34(32)22-33(35)39-30-17-14-24-11-7-10-23-12-13-28(20-36(39)41)38(30)37(23)24/h5-22H,1-4H3. The van der Waals surface area contributed by atoms with Crippen LogP contribution in [0.5, 0.6) is 0 Å². The minimum Gasteiger partial charge on any atom is -0.0616 e. The van der Waals surface area contributed by atoms with Crippen molar-refractivity contribution in [1.29, 1.82) is 0 Å². The fourth-order valence-corrected chi connectivity index (χ4v) is 8.85. The van der Waals surface area contributed by atoms with E-state index in [1.807, 2.05) is 0 Å². The van der Waals surface area contributed by atoms with Crippen LogP contribution in [0.25, 0.3) is 76.1 Å². The van der Waals surface area contributed by atoms with Crippen LogP contribution in [0.15, 0.2) is 109 Å². The molecule has 8 aromatic rings. The Balaban J connectivity index is 1.29. The second-order valence-electron chi connectivity index (χ2n) is 13.8. The fraction of sp³-hybridized carbons (Fsp3) is 0.143. The van der Waals surface area contributed by atoms with Gasteiger partial charge in [-0.2, -0.15) is 0 Å². The van der Waals surface area contributed by atoms with Crippen molar-refractivity contribution in [2.24, 2.45) is 0 Å². The van der Waals surface area contributed by atoms with Crippen molar-refractivity contribution in [3.8, 4) is 22.3 Å². The van der Waals surface area contributed by atoms with Crippen molar-refractivity contribution in [2.45, 2.75) is 38.5 Å². The van der Waals surface area contributed by atoms with Gasteiger partial charge >= 0.3 is 0 Å². The predicted molar refractivity (Wildman–Crippen MR) is 180 cm³/mol. The minimum absolute atomic E-state index is 0.0793. The third-order valence-corrected chi connectivity index (χ3v) is 10.9. The van der Waals surface area contributed by atoms with Gasteiger partial charge in [-0.3, -0.25) is 0 Å². The van der Waals surface area contributed by atoms with Crippen molar-refractivity contribution in [3.05, 3.63) is 131 Å². The quantitative estimate of drug-likeness (QED) is 0.134. The summed E-state index contributed by atoms with van der Waals surface area (Å²) in [6.45, 7) is 9.72. The summed E-state index contributed by atoms with van der Waals surface area (Å²) in [5, 5.41) is 13.5. The molecule has 2 aliphatic rings. The Kier molecular flexibility index (Phi) is 3.93. The highest BCUT2D eigenvalue weighted by atomic mass is 14.5. The molecule has 42 heavy (non-hydrogen) atoms. The highest BCUT2D eigenvalue weighted by Crippen LogP contribution is 2.59. The van der Waals surface area contributed by atoms with Crippen LogP contribution in [-0.2, 0) is 10.8 Å². The first kappa shape index (κ1) is 22.9. The monoisotopic (exact) mass is 534 g/mol. The Morgan fingerprint density at radius 1 is 0.381 bits per heavy atom. The average Bonchev–Trinajstić information content (AvgIpc) is 3.37. The van der Waals surface area contributed by atoms with Gasteiger partial charge in [-0.05, 0) is 129 Å². The lowest BCUT2D eigenvalue weighted by molar-refractivity contribution is 0.655. The van der Waals surface area contributed by atoms with E-state index < -0.39 is 0 Å². The van der Waals surface area contributed by atoms with Gasteiger partial charge in [0.1, 0.15) is 0 Å². The van der Waals surface area contributed by atoms with Gasteiger partial charge in [0.2, 0.25) is 0 Å². The van der Waals surface area contributed by atoms with Crippen LogP contribution < -0.4 is 0 Å². The molecule has 0 heterocycles. The molecule has 2 aliphatic carbocycles. The molecule has 10 rings (SSSR count). The first-order chi connectivity index (χ1) is 20.3. The van der Waals surface area contributed by atoms with Crippen LogP contribution in [0.2, 0.25) is 0 Å². The van der Waals surface area contributed by atoms with E-state index in [1.165, 1.54) is 98.4 Å².